The number of hydrogen-bond donors (Lipinski definition) is 2. The largest absolute Gasteiger partial charge is 0.379 e. The molecule has 0 radical (unpaired) electrons. The van der Waals surface area contributed by atoms with Crippen molar-refractivity contribution in [1.29, 1.82) is 0 Å². The van der Waals surface area contributed by atoms with Gasteiger partial charge in [0.05, 0.1) is 13.2 Å². The number of nitrogens with one attached hydrogen (secondary N) is 2. The Morgan fingerprint density at radius 3 is 2.86 bits per heavy atom. The monoisotopic (exact) mass is 293 g/mol. The molecule has 116 valence electrons. The van der Waals surface area contributed by atoms with E-state index in [4.69, 9.17) is 4.74 Å². The molecule has 0 bridgehead atoms. The highest BCUT2D eigenvalue weighted by atomic mass is 16.5. The van der Waals surface area contributed by atoms with Crippen molar-refractivity contribution < 1.29 is 9.53 Å². The Morgan fingerprint density at radius 1 is 1.38 bits per heavy atom. The topological polar surface area (TPSA) is 79.4 Å². The summed E-state index contributed by atoms with van der Waals surface area (Å²) in [4.78, 5) is 22.4. The standard InChI is InChI=1S/C14H23N5O2/c1-11(2)18-14(20)12-9-13(17-10-16-12)15-3-4-19-5-7-21-8-6-19/h9-11H,3-8H2,1-2H3,(H,18,20)(H,15,16,17). The van der Waals surface area contributed by atoms with Crippen LogP contribution in [0.4, 0.5) is 5.82 Å². The van der Waals surface area contributed by atoms with Gasteiger partial charge in [-0.15, -0.1) is 0 Å². The van der Waals surface area contributed by atoms with Crippen LogP contribution in [0.2, 0.25) is 0 Å². The van der Waals surface area contributed by atoms with Crippen LogP contribution in [0.5, 0.6) is 0 Å². The van der Waals surface area contributed by atoms with Gasteiger partial charge in [0.1, 0.15) is 17.8 Å². The molecule has 7 heteroatoms. The average Bonchev–Trinajstić information content (AvgIpc) is 2.48. The number of anilines is 1. The molecule has 1 aromatic heterocycles. The number of ether oxygens (including phenoxy) is 1. The fraction of sp³-hybridized carbons (Fsp3) is 0.643. The molecule has 2 N–H and O–H groups in total. The van der Waals surface area contributed by atoms with Crippen LogP contribution in [0.25, 0.3) is 0 Å². The number of rotatable bonds is 6. The number of aromatic nitrogens is 2. The van der Waals surface area contributed by atoms with Crippen molar-refractivity contribution in [2.24, 2.45) is 0 Å². The van der Waals surface area contributed by atoms with Gasteiger partial charge in [-0.05, 0) is 13.8 Å². The maximum Gasteiger partial charge on any atom is 0.270 e. The fourth-order valence-corrected chi connectivity index (χ4v) is 2.08. The van der Waals surface area contributed by atoms with E-state index in [1.165, 1.54) is 6.33 Å². The molecule has 2 heterocycles. The average molecular weight is 293 g/mol. The molecule has 1 saturated heterocycles. The lowest BCUT2D eigenvalue weighted by Crippen LogP contribution is -2.39. The molecule has 0 atom stereocenters. The Labute approximate surface area is 125 Å². The second-order valence-electron chi connectivity index (χ2n) is 5.30. The molecular formula is C14H23N5O2. The Bertz CT molecular complexity index is 460. The maximum absolute atomic E-state index is 11.9. The van der Waals surface area contributed by atoms with Crippen LogP contribution >= 0.6 is 0 Å². The first-order valence-electron chi connectivity index (χ1n) is 7.32. The van der Waals surface area contributed by atoms with Gasteiger partial charge < -0.3 is 15.4 Å². The van der Waals surface area contributed by atoms with Crippen LogP contribution in [0, 0.1) is 0 Å². The normalized spacial score (nSPS) is 16.0. The number of carbonyl (C=O) groups is 1. The van der Waals surface area contributed by atoms with Crippen molar-refractivity contribution in [1.82, 2.24) is 20.2 Å². The molecule has 1 amide bonds. The third kappa shape index (κ3) is 5.28. The van der Waals surface area contributed by atoms with Crippen molar-refractivity contribution in [2.45, 2.75) is 19.9 Å². The number of amides is 1. The van der Waals surface area contributed by atoms with Crippen LogP contribution in [-0.4, -0.2) is 66.2 Å². The highest BCUT2D eigenvalue weighted by Crippen LogP contribution is 2.04. The molecule has 0 aliphatic carbocycles. The third-order valence-electron chi connectivity index (χ3n) is 3.16. The van der Waals surface area contributed by atoms with Gasteiger partial charge >= 0.3 is 0 Å². The molecule has 0 unspecified atom stereocenters. The zero-order valence-corrected chi connectivity index (χ0v) is 12.6. The molecule has 7 nitrogen and oxygen atoms in total. The second-order valence-corrected chi connectivity index (χ2v) is 5.30. The van der Waals surface area contributed by atoms with Gasteiger partial charge in [0, 0.05) is 38.3 Å². The fourth-order valence-electron chi connectivity index (χ4n) is 2.08. The number of morpholine rings is 1. The molecular weight excluding hydrogens is 270 g/mol. The Hall–Kier alpha value is -1.73. The Kier molecular flexibility index (Phi) is 5.89. The van der Waals surface area contributed by atoms with Gasteiger partial charge in [0.15, 0.2) is 0 Å². The van der Waals surface area contributed by atoms with E-state index in [9.17, 15) is 4.79 Å². The van der Waals surface area contributed by atoms with E-state index in [2.05, 4.69) is 25.5 Å². The molecule has 0 saturated carbocycles. The number of hydrogen-bond acceptors (Lipinski definition) is 6. The molecule has 1 aromatic rings. The molecule has 2 rings (SSSR count). The summed E-state index contributed by atoms with van der Waals surface area (Å²) in [6.45, 7) is 9.07. The van der Waals surface area contributed by atoms with Crippen LogP contribution in [0.15, 0.2) is 12.4 Å². The molecule has 21 heavy (non-hydrogen) atoms. The summed E-state index contributed by atoms with van der Waals surface area (Å²) >= 11 is 0. The summed E-state index contributed by atoms with van der Waals surface area (Å²) < 4.78 is 5.31. The zero-order chi connectivity index (χ0) is 15.1. The molecule has 1 fully saturated rings. The summed E-state index contributed by atoms with van der Waals surface area (Å²) in [5, 5.41) is 6.04. The first kappa shape index (κ1) is 15.7. The Morgan fingerprint density at radius 2 is 2.14 bits per heavy atom. The highest BCUT2D eigenvalue weighted by Gasteiger charge is 2.11. The highest BCUT2D eigenvalue weighted by molar-refractivity contribution is 5.92. The molecule has 0 aromatic carbocycles. The SMILES string of the molecule is CC(C)NC(=O)c1cc(NCCN2CCOCC2)ncn1. The van der Waals surface area contributed by atoms with Gasteiger partial charge in [-0.3, -0.25) is 9.69 Å². The number of carbonyl (C=O) groups excluding carboxylic acids is 1. The summed E-state index contributed by atoms with van der Waals surface area (Å²) in [7, 11) is 0. The van der Waals surface area contributed by atoms with Crippen LogP contribution in [0.1, 0.15) is 24.3 Å². The van der Waals surface area contributed by atoms with Crippen molar-refractivity contribution in [2.75, 3.05) is 44.7 Å². The zero-order valence-electron chi connectivity index (χ0n) is 12.6. The van der Waals surface area contributed by atoms with Gasteiger partial charge in [0.2, 0.25) is 0 Å². The first-order chi connectivity index (χ1) is 10.1. The van der Waals surface area contributed by atoms with E-state index >= 15 is 0 Å². The van der Waals surface area contributed by atoms with Crippen LogP contribution < -0.4 is 10.6 Å². The lowest BCUT2D eigenvalue weighted by molar-refractivity contribution is 0.0398. The molecule has 1 aliphatic rings. The maximum atomic E-state index is 11.9. The predicted octanol–water partition coefficient (Wildman–Crippen LogP) is 0.359. The quantitative estimate of drug-likeness (QED) is 0.788. The van der Waals surface area contributed by atoms with Gasteiger partial charge in [-0.1, -0.05) is 0 Å². The van der Waals surface area contributed by atoms with Crippen molar-refractivity contribution >= 4 is 11.7 Å². The third-order valence-corrected chi connectivity index (χ3v) is 3.16. The lowest BCUT2D eigenvalue weighted by atomic mass is 10.3. The van der Waals surface area contributed by atoms with E-state index in [0.29, 0.717) is 11.5 Å². The summed E-state index contributed by atoms with van der Waals surface area (Å²) in [6, 6.07) is 1.77. The predicted molar refractivity (Wildman–Crippen MR) is 80.4 cm³/mol. The van der Waals surface area contributed by atoms with Crippen molar-refractivity contribution in [3.63, 3.8) is 0 Å². The van der Waals surface area contributed by atoms with Crippen LogP contribution in [-0.2, 0) is 4.74 Å². The van der Waals surface area contributed by atoms with E-state index in [1.807, 2.05) is 13.8 Å². The lowest BCUT2D eigenvalue weighted by Gasteiger charge is -2.26. The van der Waals surface area contributed by atoms with E-state index < -0.39 is 0 Å². The van der Waals surface area contributed by atoms with E-state index in [-0.39, 0.29) is 11.9 Å². The van der Waals surface area contributed by atoms with Gasteiger partial charge in [-0.25, -0.2) is 9.97 Å². The van der Waals surface area contributed by atoms with Crippen LogP contribution in [0.3, 0.4) is 0 Å². The summed E-state index contributed by atoms with van der Waals surface area (Å²) in [6.07, 6.45) is 1.41. The smallest absolute Gasteiger partial charge is 0.270 e. The van der Waals surface area contributed by atoms with Crippen molar-refractivity contribution in [3.8, 4) is 0 Å². The summed E-state index contributed by atoms with van der Waals surface area (Å²) in [5.41, 5.74) is 0.382. The molecule has 0 spiro atoms. The van der Waals surface area contributed by atoms with Gasteiger partial charge in [0.25, 0.3) is 5.91 Å². The Balaban J connectivity index is 1.81. The van der Waals surface area contributed by atoms with E-state index in [0.717, 1.165) is 39.4 Å². The minimum absolute atomic E-state index is 0.0881. The minimum Gasteiger partial charge on any atom is -0.379 e. The molecule has 1 aliphatic heterocycles. The second kappa shape index (κ2) is 7.90. The number of nitrogens with zero attached hydrogens (tertiary/aromatic N) is 3. The van der Waals surface area contributed by atoms with Gasteiger partial charge in [-0.2, -0.15) is 0 Å². The van der Waals surface area contributed by atoms with E-state index in [1.54, 1.807) is 6.07 Å². The van der Waals surface area contributed by atoms with Crippen molar-refractivity contribution in [3.05, 3.63) is 18.1 Å². The summed E-state index contributed by atoms with van der Waals surface area (Å²) in [5.74, 6) is 0.496. The first-order valence-corrected chi connectivity index (χ1v) is 7.32. The minimum atomic E-state index is -0.177.